The van der Waals surface area contributed by atoms with E-state index >= 15 is 0 Å². The van der Waals surface area contributed by atoms with Gasteiger partial charge in [-0.3, -0.25) is 9.59 Å². The van der Waals surface area contributed by atoms with E-state index in [0.29, 0.717) is 33.7 Å². The molecule has 2 aromatic carbocycles. The fourth-order valence-corrected chi connectivity index (χ4v) is 3.92. The quantitative estimate of drug-likeness (QED) is 0.299. The van der Waals surface area contributed by atoms with Crippen LogP contribution in [0.3, 0.4) is 0 Å². The predicted molar refractivity (Wildman–Crippen MR) is 119 cm³/mol. The minimum absolute atomic E-state index is 0.00961. The summed E-state index contributed by atoms with van der Waals surface area (Å²) in [5, 5.41) is 12.3. The highest BCUT2D eigenvalue weighted by Gasteiger charge is 2.21. The number of benzene rings is 2. The lowest BCUT2D eigenvalue weighted by molar-refractivity contribution is 0.0937. The van der Waals surface area contributed by atoms with Crippen LogP contribution < -0.4 is 5.32 Å². The van der Waals surface area contributed by atoms with Gasteiger partial charge in [-0.25, -0.2) is 0 Å². The van der Waals surface area contributed by atoms with Crippen molar-refractivity contribution in [2.45, 2.75) is 24.7 Å². The van der Waals surface area contributed by atoms with Crippen molar-refractivity contribution in [3.8, 4) is 0 Å². The highest BCUT2D eigenvalue weighted by Crippen LogP contribution is 2.23. The number of hydrogen-bond donors (Lipinski definition) is 1. The summed E-state index contributed by atoms with van der Waals surface area (Å²) in [6.45, 7) is 6.06. The highest BCUT2D eigenvalue weighted by atomic mass is 35.5. The number of nitrogens with one attached hydrogen (secondary N) is 1. The third-order valence-electron chi connectivity index (χ3n) is 4.34. The number of amides is 1. The Bertz CT molecular complexity index is 1050. The van der Waals surface area contributed by atoms with Crippen LogP contribution in [0.15, 0.2) is 72.4 Å². The van der Waals surface area contributed by atoms with Crippen LogP contribution in [0.5, 0.6) is 0 Å². The van der Waals surface area contributed by atoms with Crippen LogP contribution in [-0.2, 0) is 6.54 Å². The maximum atomic E-state index is 12.6. The van der Waals surface area contributed by atoms with Crippen molar-refractivity contribution >= 4 is 35.1 Å². The Kier molecular flexibility index (Phi) is 7.43. The molecule has 0 aliphatic heterocycles. The molecule has 1 atom stereocenters. The van der Waals surface area contributed by atoms with Gasteiger partial charge in [0.15, 0.2) is 16.8 Å². The van der Waals surface area contributed by atoms with E-state index in [2.05, 4.69) is 22.1 Å². The number of carbonyl (C=O) groups is 2. The van der Waals surface area contributed by atoms with Gasteiger partial charge in [0.25, 0.3) is 5.91 Å². The monoisotopic (exact) mass is 440 g/mol. The largest absolute Gasteiger partial charge is 0.342 e. The molecule has 1 aromatic heterocycles. The first kappa shape index (κ1) is 21.8. The van der Waals surface area contributed by atoms with Gasteiger partial charge >= 0.3 is 0 Å². The van der Waals surface area contributed by atoms with Gasteiger partial charge in [0.1, 0.15) is 0 Å². The SMILES string of the molecule is C=CCn1c(SCC(=O)c2ccccc2)nnc1C(C)NC(=O)c1ccccc1Cl. The van der Waals surface area contributed by atoms with Crippen molar-refractivity contribution in [2.75, 3.05) is 5.75 Å². The van der Waals surface area contributed by atoms with Gasteiger partial charge in [0.2, 0.25) is 0 Å². The Morgan fingerprint density at radius 3 is 2.57 bits per heavy atom. The van der Waals surface area contributed by atoms with E-state index in [1.165, 1.54) is 11.8 Å². The Balaban J connectivity index is 1.73. The van der Waals surface area contributed by atoms with Gasteiger partial charge in [0.05, 0.1) is 22.4 Å². The Morgan fingerprint density at radius 2 is 1.87 bits per heavy atom. The summed E-state index contributed by atoms with van der Waals surface area (Å²) in [4.78, 5) is 25.0. The van der Waals surface area contributed by atoms with E-state index in [1.807, 2.05) is 29.7 Å². The van der Waals surface area contributed by atoms with Crippen LogP contribution in [0.4, 0.5) is 0 Å². The van der Waals surface area contributed by atoms with Crippen molar-refractivity contribution < 1.29 is 9.59 Å². The second-order valence-electron chi connectivity index (χ2n) is 6.49. The summed E-state index contributed by atoms with van der Waals surface area (Å²) in [6, 6.07) is 15.5. The van der Waals surface area contributed by atoms with Crippen molar-refractivity contribution in [2.24, 2.45) is 0 Å². The topological polar surface area (TPSA) is 76.9 Å². The van der Waals surface area contributed by atoms with Gasteiger partial charge in [-0.15, -0.1) is 16.8 Å². The van der Waals surface area contributed by atoms with Crippen LogP contribution in [-0.4, -0.2) is 32.2 Å². The highest BCUT2D eigenvalue weighted by molar-refractivity contribution is 7.99. The minimum Gasteiger partial charge on any atom is -0.342 e. The predicted octanol–water partition coefficient (Wildman–Crippen LogP) is 4.58. The number of carbonyl (C=O) groups excluding carboxylic acids is 2. The average Bonchev–Trinajstić information content (AvgIpc) is 3.16. The van der Waals surface area contributed by atoms with Crippen molar-refractivity contribution in [3.05, 3.63) is 89.2 Å². The standard InChI is InChI=1S/C22H21ClN4O2S/c1-3-13-27-20(15(2)24-21(29)17-11-7-8-12-18(17)23)25-26-22(27)30-14-19(28)16-9-5-4-6-10-16/h3-12,15H,1,13-14H2,2H3,(H,24,29). The number of Topliss-reactive ketones (excluding diaryl/α,β-unsaturated/α-hetero) is 1. The summed E-state index contributed by atoms with van der Waals surface area (Å²) < 4.78 is 1.84. The molecule has 0 fully saturated rings. The summed E-state index contributed by atoms with van der Waals surface area (Å²) in [5.74, 6) is 0.523. The van der Waals surface area contributed by atoms with E-state index in [4.69, 9.17) is 11.6 Å². The third-order valence-corrected chi connectivity index (χ3v) is 5.63. The molecule has 3 aromatic rings. The average molecular weight is 441 g/mol. The molecule has 1 unspecified atom stereocenters. The second kappa shape index (κ2) is 10.2. The van der Waals surface area contributed by atoms with Gasteiger partial charge in [-0.1, -0.05) is 71.9 Å². The van der Waals surface area contributed by atoms with E-state index in [0.717, 1.165) is 0 Å². The van der Waals surface area contributed by atoms with Crippen LogP contribution in [0.2, 0.25) is 5.02 Å². The molecule has 0 saturated heterocycles. The van der Waals surface area contributed by atoms with E-state index < -0.39 is 6.04 Å². The maximum Gasteiger partial charge on any atom is 0.253 e. The molecule has 0 bridgehead atoms. The molecule has 8 heteroatoms. The lowest BCUT2D eigenvalue weighted by Gasteiger charge is -2.15. The summed E-state index contributed by atoms with van der Waals surface area (Å²) in [5.41, 5.74) is 1.05. The fraction of sp³-hybridized carbons (Fsp3) is 0.182. The number of ketones is 1. The van der Waals surface area contributed by atoms with E-state index in [1.54, 1.807) is 42.5 Å². The Morgan fingerprint density at radius 1 is 1.17 bits per heavy atom. The molecule has 154 valence electrons. The maximum absolute atomic E-state index is 12.6. The molecule has 0 spiro atoms. The van der Waals surface area contributed by atoms with Gasteiger partial charge < -0.3 is 9.88 Å². The zero-order chi connectivity index (χ0) is 21.5. The van der Waals surface area contributed by atoms with Crippen LogP contribution in [0, 0.1) is 0 Å². The van der Waals surface area contributed by atoms with Gasteiger partial charge in [0, 0.05) is 12.1 Å². The first-order valence-corrected chi connectivity index (χ1v) is 10.7. The first-order chi connectivity index (χ1) is 14.5. The lowest BCUT2D eigenvalue weighted by Crippen LogP contribution is -2.29. The molecular formula is C22H21ClN4O2S. The molecule has 0 saturated carbocycles. The van der Waals surface area contributed by atoms with Crippen molar-refractivity contribution in [3.63, 3.8) is 0 Å². The lowest BCUT2D eigenvalue weighted by atomic mass is 10.2. The third kappa shape index (κ3) is 5.17. The van der Waals surface area contributed by atoms with Crippen LogP contribution in [0.1, 0.15) is 39.5 Å². The van der Waals surface area contributed by atoms with E-state index in [9.17, 15) is 9.59 Å². The summed E-state index contributed by atoms with van der Waals surface area (Å²) in [7, 11) is 0. The molecule has 30 heavy (non-hydrogen) atoms. The van der Waals surface area contributed by atoms with Crippen LogP contribution >= 0.6 is 23.4 Å². The number of thioether (sulfide) groups is 1. The zero-order valence-electron chi connectivity index (χ0n) is 16.4. The zero-order valence-corrected chi connectivity index (χ0v) is 18.0. The molecule has 1 amide bonds. The molecule has 1 heterocycles. The molecule has 3 rings (SSSR count). The Hall–Kier alpha value is -2.90. The minimum atomic E-state index is -0.416. The summed E-state index contributed by atoms with van der Waals surface area (Å²) >= 11 is 7.42. The summed E-state index contributed by atoms with van der Waals surface area (Å²) in [6.07, 6.45) is 1.72. The molecule has 6 nitrogen and oxygen atoms in total. The van der Waals surface area contributed by atoms with E-state index in [-0.39, 0.29) is 17.4 Å². The molecule has 0 aliphatic rings. The van der Waals surface area contributed by atoms with Gasteiger partial charge in [-0.2, -0.15) is 0 Å². The molecule has 0 radical (unpaired) electrons. The number of allylic oxidation sites excluding steroid dienone is 1. The van der Waals surface area contributed by atoms with Crippen LogP contribution in [0.25, 0.3) is 0 Å². The first-order valence-electron chi connectivity index (χ1n) is 9.31. The van der Waals surface area contributed by atoms with Crippen molar-refractivity contribution in [1.82, 2.24) is 20.1 Å². The van der Waals surface area contributed by atoms with Crippen molar-refractivity contribution in [1.29, 1.82) is 0 Å². The normalized spacial score (nSPS) is 11.7. The second-order valence-corrected chi connectivity index (χ2v) is 7.84. The molecule has 1 N–H and O–H groups in total. The van der Waals surface area contributed by atoms with Gasteiger partial charge in [-0.05, 0) is 19.1 Å². The number of rotatable bonds is 9. The fourth-order valence-electron chi connectivity index (χ4n) is 2.85. The molecule has 0 aliphatic carbocycles. The number of nitrogens with zero attached hydrogens (tertiary/aromatic N) is 3. The number of halogens is 1. The number of aromatic nitrogens is 3. The smallest absolute Gasteiger partial charge is 0.253 e. The number of hydrogen-bond acceptors (Lipinski definition) is 5. The Labute approximate surface area is 184 Å². The molecular weight excluding hydrogens is 420 g/mol.